The van der Waals surface area contributed by atoms with Gasteiger partial charge in [-0.2, -0.15) is 4.31 Å². The molecule has 0 saturated carbocycles. The van der Waals surface area contributed by atoms with Crippen molar-refractivity contribution < 1.29 is 13.5 Å². The molecule has 2 rings (SSSR count). The van der Waals surface area contributed by atoms with E-state index in [2.05, 4.69) is 0 Å². The monoisotopic (exact) mass is 314 g/mol. The lowest BCUT2D eigenvalue weighted by molar-refractivity contribution is 0.108. The molecule has 20 heavy (non-hydrogen) atoms. The summed E-state index contributed by atoms with van der Waals surface area (Å²) in [6.45, 7) is 0.645. The minimum absolute atomic E-state index is 0.101. The number of nitrogens with zero attached hydrogens (tertiary/aromatic N) is 1. The van der Waals surface area contributed by atoms with Gasteiger partial charge in [0.15, 0.2) is 0 Å². The Kier molecular flexibility index (Phi) is 4.74. The summed E-state index contributed by atoms with van der Waals surface area (Å²) in [5, 5.41) is 9.59. The lowest BCUT2D eigenvalue weighted by atomic mass is 10.1. The molecule has 0 bridgehead atoms. The van der Waals surface area contributed by atoms with Crippen molar-refractivity contribution in [1.29, 1.82) is 0 Å². The van der Waals surface area contributed by atoms with E-state index in [9.17, 15) is 13.5 Å². The number of nitrogens with two attached hydrogens (primary N) is 1. The van der Waals surface area contributed by atoms with Gasteiger partial charge in [-0.3, -0.25) is 0 Å². The summed E-state index contributed by atoms with van der Waals surface area (Å²) in [4.78, 5) is 0.248. The van der Waals surface area contributed by atoms with Gasteiger partial charge in [-0.1, -0.05) is 30.4 Å². The summed E-state index contributed by atoms with van der Waals surface area (Å²) >= 11 is 4.89. The molecule has 1 heterocycles. The molecule has 0 radical (unpaired) electrons. The number of aliphatic hydroxyl groups excluding tert-OH is 1. The van der Waals surface area contributed by atoms with Gasteiger partial charge >= 0.3 is 0 Å². The number of aliphatic hydroxyl groups is 1. The minimum Gasteiger partial charge on any atom is -0.392 e. The van der Waals surface area contributed by atoms with Gasteiger partial charge in [-0.05, 0) is 24.5 Å². The highest BCUT2D eigenvalue weighted by molar-refractivity contribution is 7.88. The van der Waals surface area contributed by atoms with Gasteiger partial charge in [0.05, 0.1) is 11.9 Å². The summed E-state index contributed by atoms with van der Waals surface area (Å²) in [7, 11) is -3.42. The van der Waals surface area contributed by atoms with Crippen molar-refractivity contribution in [3.8, 4) is 0 Å². The summed E-state index contributed by atoms with van der Waals surface area (Å²) in [6, 6.07) is 6.92. The molecule has 1 atom stereocenters. The van der Waals surface area contributed by atoms with Gasteiger partial charge < -0.3 is 10.8 Å². The van der Waals surface area contributed by atoms with Crippen LogP contribution in [0.25, 0.3) is 0 Å². The predicted octanol–water partition coefficient (Wildman–Crippen LogP) is 0.607. The number of β-amino-alcohol motifs (C(OH)–C–C–N with tert-alkyl or cyclic N) is 1. The first-order chi connectivity index (χ1) is 9.38. The zero-order valence-corrected chi connectivity index (χ0v) is 12.7. The second-order valence-electron chi connectivity index (χ2n) is 4.97. The Morgan fingerprint density at radius 1 is 1.50 bits per heavy atom. The van der Waals surface area contributed by atoms with Gasteiger partial charge in [0.1, 0.15) is 4.99 Å². The Morgan fingerprint density at radius 3 is 2.90 bits per heavy atom. The number of thiocarbonyl (C=S) groups is 1. The number of rotatable bonds is 4. The maximum Gasteiger partial charge on any atom is 0.218 e. The predicted molar refractivity (Wildman–Crippen MR) is 81.8 cm³/mol. The second kappa shape index (κ2) is 6.17. The van der Waals surface area contributed by atoms with Crippen molar-refractivity contribution in [2.45, 2.75) is 24.7 Å². The standard InChI is InChI=1S/C13H18N2O3S2/c14-13(19)11-4-1-3-10(7-11)9-20(17,18)15-6-2-5-12(16)8-15/h1,3-4,7,12,16H,2,5-6,8-9H2,(H2,14,19). The second-order valence-corrected chi connectivity index (χ2v) is 7.38. The third-order valence-electron chi connectivity index (χ3n) is 3.31. The van der Waals surface area contributed by atoms with Crippen LogP contribution in [0.1, 0.15) is 24.0 Å². The highest BCUT2D eigenvalue weighted by Gasteiger charge is 2.28. The molecule has 1 aliphatic rings. The van der Waals surface area contributed by atoms with Gasteiger partial charge in [-0.15, -0.1) is 0 Å². The van der Waals surface area contributed by atoms with Crippen LogP contribution >= 0.6 is 12.2 Å². The highest BCUT2D eigenvalue weighted by atomic mass is 32.2. The quantitative estimate of drug-likeness (QED) is 0.796. The van der Waals surface area contributed by atoms with E-state index in [0.717, 1.165) is 0 Å². The zero-order valence-electron chi connectivity index (χ0n) is 11.0. The molecule has 1 aliphatic heterocycles. The topological polar surface area (TPSA) is 83.6 Å². The van der Waals surface area contributed by atoms with E-state index in [4.69, 9.17) is 18.0 Å². The smallest absolute Gasteiger partial charge is 0.218 e. The molecule has 1 aromatic carbocycles. The van der Waals surface area contributed by atoms with E-state index in [1.807, 2.05) is 0 Å². The number of piperidine rings is 1. The summed E-state index contributed by atoms with van der Waals surface area (Å²) < 4.78 is 26.0. The third kappa shape index (κ3) is 3.76. The van der Waals surface area contributed by atoms with Crippen molar-refractivity contribution in [2.24, 2.45) is 5.73 Å². The first-order valence-electron chi connectivity index (χ1n) is 6.43. The van der Waals surface area contributed by atoms with Crippen LogP contribution in [0, 0.1) is 0 Å². The van der Waals surface area contributed by atoms with Crippen LogP contribution < -0.4 is 5.73 Å². The molecular weight excluding hydrogens is 296 g/mol. The van der Waals surface area contributed by atoms with Gasteiger partial charge in [-0.25, -0.2) is 8.42 Å². The number of hydrogen-bond donors (Lipinski definition) is 2. The van der Waals surface area contributed by atoms with Gasteiger partial charge in [0, 0.05) is 18.7 Å². The number of sulfonamides is 1. The van der Waals surface area contributed by atoms with Crippen molar-refractivity contribution >= 4 is 27.2 Å². The van der Waals surface area contributed by atoms with Crippen LogP contribution in [-0.2, 0) is 15.8 Å². The minimum atomic E-state index is -3.42. The van der Waals surface area contributed by atoms with Crippen LogP contribution in [-0.4, -0.2) is 42.0 Å². The van der Waals surface area contributed by atoms with Crippen LogP contribution in [0.5, 0.6) is 0 Å². The molecule has 0 spiro atoms. The third-order valence-corrected chi connectivity index (χ3v) is 5.37. The Bertz CT molecular complexity index is 601. The lowest BCUT2D eigenvalue weighted by Gasteiger charge is -2.29. The molecule has 0 aromatic heterocycles. The molecule has 7 heteroatoms. The molecule has 5 nitrogen and oxygen atoms in total. The fraction of sp³-hybridized carbons (Fsp3) is 0.462. The number of hydrogen-bond acceptors (Lipinski definition) is 4. The van der Waals surface area contributed by atoms with E-state index >= 15 is 0 Å². The molecule has 0 amide bonds. The van der Waals surface area contributed by atoms with Crippen LogP contribution in [0.3, 0.4) is 0 Å². The lowest BCUT2D eigenvalue weighted by Crippen LogP contribution is -2.42. The maximum atomic E-state index is 12.3. The molecule has 1 saturated heterocycles. The first-order valence-corrected chi connectivity index (χ1v) is 8.45. The van der Waals surface area contributed by atoms with Gasteiger partial charge in [0.2, 0.25) is 10.0 Å². The van der Waals surface area contributed by atoms with Gasteiger partial charge in [0.25, 0.3) is 0 Å². The van der Waals surface area contributed by atoms with Crippen molar-refractivity contribution in [1.82, 2.24) is 4.31 Å². The largest absolute Gasteiger partial charge is 0.392 e. The Hall–Kier alpha value is -1.02. The molecule has 0 aliphatic carbocycles. The average molecular weight is 314 g/mol. The fourth-order valence-corrected chi connectivity index (χ4v) is 4.01. The van der Waals surface area contributed by atoms with Crippen molar-refractivity contribution in [3.63, 3.8) is 0 Å². The molecule has 1 aromatic rings. The molecule has 1 fully saturated rings. The molecule has 3 N–H and O–H groups in total. The van der Waals surface area contributed by atoms with Crippen molar-refractivity contribution in [2.75, 3.05) is 13.1 Å². The van der Waals surface area contributed by atoms with Crippen molar-refractivity contribution in [3.05, 3.63) is 35.4 Å². The van der Waals surface area contributed by atoms with E-state index in [-0.39, 0.29) is 17.3 Å². The SMILES string of the molecule is NC(=S)c1cccc(CS(=O)(=O)N2CCCC(O)C2)c1. The van der Waals surface area contributed by atoms with Crippen LogP contribution in [0.15, 0.2) is 24.3 Å². The highest BCUT2D eigenvalue weighted by Crippen LogP contribution is 2.18. The first kappa shape index (κ1) is 15.4. The summed E-state index contributed by atoms with van der Waals surface area (Å²) in [5.41, 5.74) is 6.85. The average Bonchev–Trinajstić information content (AvgIpc) is 2.38. The van der Waals surface area contributed by atoms with E-state index in [1.165, 1.54) is 4.31 Å². The van der Waals surface area contributed by atoms with Crippen LogP contribution in [0.2, 0.25) is 0 Å². The van der Waals surface area contributed by atoms with E-state index in [1.54, 1.807) is 24.3 Å². The molecule has 110 valence electrons. The fourth-order valence-electron chi connectivity index (χ4n) is 2.29. The Morgan fingerprint density at radius 2 is 2.25 bits per heavy atom. The molecule has 1 unspecified atom stereocenters. The molecular formula is C13H18N2O3S2. The zero-order chi connectivity index (χ0) is 14.8. The van der Waals surface area contributed by atoms with Crippen LogP contribution in [0.4, 0.5) is 0 Å². The Labute approximate surface area is 124 Å². The Balaban J connectivity index is 2.15. The maximum absolute atomic E-state index is 12.3. The normalized spacial score (nSPS) is 20.8. The van der Waals surface area contributed by atoms with E-state index in [0.29, 0.717) is 30.5 Å². The van der Waals surface area contributed by atoms with E-state index < -0.39 is 16.1 Å². The number of benzene rings is 1. The summed E-state index contributed by atoms with van der Waals surface area (Å²) in [6.07, 6.45) is 0.775. The summed E-state index contributed by atoms with van der Waals surface area (Å²) in [5.74, 6) is -0.101.